The zero-order valence-corrected chi connectivity index (χ0v) is 20.8. The Labute approximate surface area is 203 Å². The molecule has 6 nitrogen and oxygen atoms in total. The van der Waals surface area contributed by atoms with E-state index in [-0.39, 0.29) is 18.4 Å². The molecule has 0 fully saturated rings. The predicted molar refractivity (Wildman–Crippen MR) is 136 cm³/mol. The minimum atomic E-state index is -0.866. The Morgan fingerprint density at radius 2 is 1.82 bits per heavy atom. The van der Waals surface area contributed by atoms with Gasteiger partial charge in [-0.3, -0.25) is 14.6 Å². The van der Waals surface area contributed by atoms with E-state index < -0.39 is 5.97 Å². The molecule has 1 unspecified atom stereocenters. The third kappa shape index (κ3) is 7.44. The Balaban J connectivity index is 1.85. The standard InChI is InChI=1S/C28H37N3O3/c1-19(2)14-26(24-16-20(3)15-21(4)17-24)30-28(34)25-18-22(10-13-31-12-5-11-29-31)6-7-23(25)8-9-27(32)33/h6-7,11,15-19,26H,5,8-10,12-14H2,1-4H3,(H,30,34)(H,32,33). The summed E-state index contributed by atoms with van der Waals surface area (Å²) < 4.78 is 0. The van der Waals surface area contributed by atoms with Gasteiger partial charge in [-0.2, -0.15) is 5.10 Å². The molecule has 1 heterocycles. The SMILES string of the molecule is Cc1cc(C)cc(C(CC(C)C)NC(=O)c2cc(CCN3CCC=N3)ccc2CCC(=O)O)c1. The molecule has 0 saturated carbocycles. The summed E-state index contributed by atoms with van der Waals surface area (Å²) in [5.41, 5.74) is 5.85. The zero-order chi connectivity index (χ0) is 24.7. The molecule has 0 saturated heterocycles. The molecule has 182 valence electrons. The molecule has 2 N–H and O–H groups in total. The second kappa shape index (κ2) is 11.8. The van der Waals surface area contributed by atoms with E-state index in [9.17, 15) is 14.7 Å². The number of rotatable bonds is 11. The number of hydrazone groups is 1. The second-order valence-electron chi connectivity index (χ2n) is 9.75. The largest absolute Gasteiger partial charge is 0.481 e. The number of benzene rings is 2. The smallest absolute Gasteiger partial charge is 0.303 e. The summed E-state index contributed by atoms with van der Waals surface area (Å²) in [5.74, 6) is -0.605. The van der Waals surface area contributed by atoms with Crippen LogP contribution in [-0.4, -0.2) is 41.3 Å². The molecule has 1 amide bonds. The minimum Gasteiger partial charge on any atom is -0.481 e. The monoisotopic (exact) mass is 463 g/mol. The summed E-state index contributed by atoms with van der Waals surface area (Å²) >= 11 is 0. The van der Waals surface area contributed by atoms with Crippen LogP contribution in [0.5, 0.6) is 0 Å². The first-order valence-corrected chi connectivity index (χ1v) is 12.2. The van der Waals surface area contributed by atoms with E-state index in [1.54, 1.807) is 0 Å². The van der Waals surface area contributed by atoms with Crippen LogP contribution < -0.4 is 5.32 Å². The van der Waals surface area contributed by atoms with Gasteiger partial charge in [0.15, 0.2) is 0 Å². The first-order chi connectivity index (χ1) is 16.2. The maximum atomic E-state index is 13.6. The Kier molecular flexibility index (Phi) is 8.85. The molecule has 0 aliphatic carbocycles. The maximum Gasteiger partial charge on any atom is 0.303 e. The number of nitrogens with zero attached hydrogens (tertiary/aromatic N) is 2. The van der Waals surface area contributed by atoms with E-state index in [1.807, 2.05) is 29.4 Å². The molecule has 0 radical (unpaired) electrons. The van der Waals surface area contributed by atoms with Crippen LogP contribution in [0.3, 0.4) is 0 Å². The number of hydrogen-bond donors (Lipinski definition) is 2. The van der Waals surface area contributed by atoms with Crippen molar-refractivity contribution in [1.82, 2.24) is 10.3 Å². The van der Waals surface area contributed by atoms with Gasteiger partial charge >= 0.3 is 5.97 Å². The van der Waals surface area contributed by atoms with Gasteiger partial charge in [-0.15, -0.1) is 0 Å². The van der Waals surface area contributed by atoms with Crippen LogP contribution >= 0.6 is 0 Å². The lowest BCUT2D eigenvalue weighted by Gasteiger charge is -2.23. The van der Waals surface area contributed by atoms with Crippen molar-refractivity contribution >= 4 is 18.1 Å². The lowest BCUT2D eigenvalue weighted by Crippen LogP contribution is -2.30. The number of hydrogen-bond acceptors (Lipinski definition) is 4. The molecule has 34 heavy (non-hydrogen) atoms. The van der Waals surface area contributed by atoms with Crippen LogP contribution in [-0.2, 0) is 17.6 Å². The second-order valence-corrected chi connectivity index (χ2v) is 9.75. The van der Waals surface area contributed by atoms with Gasteiger partial charge in [0.05, 0.1) is 6.04 Å². The summed E-state index contributed by atoms with van der Waals surface area (Å²) in [6.07, 6.45) is 4.82. The van der Waals surface area contributed by atoms with Crippen molar-refractivity contribution in [2.24, 2.45) is 11.0 Å². The molecular weight excluding hydrogens is 426 g/mol. The number of carbonyl (C=O) groups is 2. The van der Waals surface area contributed by atoms with Crippen LogP contribution in [0.2, 0.25) is 0 Å². The molecule has 2 aromatic carbocycles. The first kappa shape index (κ1) is 25.5. The fraction of sp³-hybridized carbons (Fsp3) is 0.464. The number of amides is 1. The molecule has 0 bridgehead atoms. The van der Waals surface area contributed by atoms with Gasteiger partial charge in [-0.05, 0) is 61.8 Å². The van der Waals surface area contributed by atoms with Crippen molar-refractivity contribution in [3.05, 3.63) is 69.8 Å². The van der Waals surface area contributed by atoms with Crippen molar-refractivity contribution in [3.8, 4) is 0 Å². The van der Waals surface area contributed by atoms with Gasteiger partial charge in [0, 0.05) is 37.7 Å². The lowest BCUT2D eigenvalue weighted by atomic mass is 9.93. The molecular formula is C28H37N3O3. The number of nitrogens with one attached hydrogen (secondary N) is 1. The van der Waals surface area contributed by atoms with Crippen molar-refractivity contribution in [2.45, 2.75) is 65.8 Å². The van der Waals surface area contributed by atoms with Crippen LogP contribution in [0.25, 0.3) is 0 Å². The average molecular weight is 464 g/mol. The number of aliphatic carboxylic acids is 1. The molecule has 0 spiro atoms. The molecule has 0 aromatic heterocycles. The number of carboxylic acids is 1. The van der Waals surface area contributed by atoms with E-state index in [2.05, 4.69) is 56.3 Å². The quantitative estimate of drug-likeness (QED) is 0.487. The van der Waals surface area contributed by atoms with Gasteiger partial charge in [0.25, 0.3) is 5.91 Å². The molecule has 2 aromatic rings. The zero-order valence-electron chi connectivity index (χ0n) is 20.8. The highest BCUT2D eigenvalue weighted by atomic mass is 16.4. The summed E-state index contributed by atoms with van der Waals surface area (Å²) in [6, 6.07) is 12.1. The van der Waals surface area contributed by atoms with Crippen molar-refractivity contribution in [1.29, 1.82) is 0 Å². The molecule has 1 atom stereocenters. The van der Waals surface area contributed by atoms with E-state index >= 15 is 0 Å². The first-order valence-electron chi connectivity index (χ1n) is 12.2. The van der Waals surface area contributed by atoms with Gasteiger partial charge in [-0.1, -0.05) is 55.3 Å². The van der Waals surface area contributed by atoms with Crippen LogP contribution in [0.4, 0.5) is 0 Å². The van der Waals surface area contributed by atoms with Crippen molar-refractivity contribution in [3.63, 3.8) is 0 Å². The van der Waals surface area contributed by atoms with Gasteiger partial charge in [0.1, 0.15) is 0 Å². The number of aryl methyl sites for hydroxylation is 3. The summed E-state index contributed by atoms with van der Waals surface area (Å²) in [6.45, 7) is 10.2. The summed E-state index contributed by atoms with van der Waals surface area (Å²) in [4.78, 5) is 24.8. The summed E-state index contributed by atoms with van der Waals surface area (Å²) in [7, 11) is 0. The van der Waals surface area contributed by atoms with E-state index in [0.29, 0.717) is 17.9 Å². The predicted octanol–water partition coefficient (Wildman–Crippen LogP) is 5.07. The fourth-order valence-electron chi connectivity index (χ4n) is 4.51. The highest BCUT2D eigenvalue weighted by Gasteiger charge is 2.21. The van der Waals surface area contributed by atoms with Crippen molar-refractivity contribution < 1.29 is 14.7 Å². The Morgan fingerprint density at radius 1 is 1.09 bits per heavy atom. The minimum absolute atomic E-state index is 0.00534. The van der Waals surface area contributed by atoms with Crippen molar-refractivity contribution in [2.75, 3.05) is 13.1 Å². The summed E-state index contributed by atoms with van der Waals surface area (Å²) in [5, 5.41) is 18.8. The topological polar surface area (TPSA) is 82.0 Å². The third-order valence-corrected chi connectivity index (χ3v) is 6.11. The molecule has 1 aliphatic rings. The van der Waals surface area contributed by atoms with E-state index in [1.165, 1.54) is 11.1 Å². The third-order valence-electron chi connectivity index (χ3n) is 6.11. The Morgan fingerprint density at radius 3 is 2.44 bits per heavy atom. The van der Waals surface area contributed by atoms with Crippen LogP contribution in [0.15, 0.2) is 41.5 Å². The highest BCUT2D eigenvalue weighted by Crippen LogP contribution is 2.25. The fourth-order valence-corrected chi connectivity index (χ4v) is 4.51. The molecule has 1 aliphatic heterocycles. The maximum absolute atomic E-state index is 13.6. The Hall–Kier alpha value is -3.15. The van der Waals surface area contributed by atoms with Crippen LogP contribution in [0.1, 0.15) is 77.3 Å². The highest BCUT2D eigenvalue weighted by molar-refractivity contribution is 5.96. The number of carbonyl (C=O) groups excluding carboxylic acids is 1. The molecule has 6 heteroatoms. The number of carboxylic acid groups (broad SMARTS) is 1. The van der Waals surface area contributed by atoms with Gasteiger partial charge < -0.3 is 10.4 Å². The Bertz CT molecular complexity index is 1020. The lowest BCUT2D eigenvalue weighted by molar-refractivity contribution is -0.136. The van der Waals surface area contributed by atoms with Gasteiger partial charge in [0.2, 0.25) is 0 Å². The van der Waals surface area contributed by atoms with Crippen LogP contribution in [0, 0.1) is 19.8 Å². The van der Waals surface area contributed by atoms with E-state index in [0.717, 1.165) is 49.0 Å². The average Bonchev–Trinajstić information content (AvgIpc) is 3.28. The normalized spacial score (nSPS) is 14.0. The molecule has 3 rings (SSSR count). The van der Waals surface area contributed by atoms with Gasteiger partial charge in [-0.25, -0.2) is 0 Å². The van der Waals surface area contributed by atoms with E-state index in [4.69, 9.17) is 0 Å².